The first-order chi connectivity index (χ1) is 13.7. The molecule has 1 heterocycles. The van der Waals surface area contributed by atoms with E-state index in [1.807, 2.05) is 31.2 Å². The topological polar surface area (TPSA) is 92.3 Å². The molecule has 3 aromatic rings. The fraction of sp³-hybridized carbons (Fsp3) is 0.211. The number of carbonyl (C=O) groups excluding carboxylic acids is 1. The Kier molecular flexibility index (Phi) is 6.36. The first kappa shape index (κ1) is 21.0. The molecule has 0 radical (unpaired) electrons. The summed E-state index contributed by atoms with van der Waals surface area (Å²) in [6, 6.07) is 13.5. The van der Waals surface area contributed by atoms with Gasteiger partial charge in [-0.3, -0.25) is 10.1 Å². The van der Waals surface area contributed by atoms with Crippen molar-refractivity contribution in [1.82, 2.24) is 14.5 Å². The van der Waals surface area contributed by atoms with E-state index in [4.69, 9.17) is 0 Å². The lowest BCUT2D eigenvalue weighted by atomic mass is 10.2. The van der Waals surface area contributed by atoms with E-state index in [2.05, 4.69) is 15.5 Å². The van der Waals surface area contributed by atoms with Crippen molar-refractivity contribution < 1.29 is 17.6 Å². The van der Waals surface area contributed by atoms with Crippen LogP contribution < -0.4 is 5.32 Å². The van der Waals surface area contributed by atoms with E-state index in [1.165, 1.54) is 29.5 Å². The molecule has 0 saturated heterocycles. The summed E-state index contributed by atoms with van der Waals surface area (Å²) in [6.07, 6.45) is 0.974. The van der Waals surface area contributed by atoms with Gasteiger partial charge in [-0.05, 0) is 13.0 Å². The third-order valence-electron chi connectivity index (χ3n) is 4.06. The van der Waals surface area contributed by atoms with Crippen molar-refractivity contribution in [3.05, 3.63) is 65.5 Å². The van der Waals surface area contributed by atoms with Gasteiger partial charge in [-0.15, -0.1) is 10.2 Å². The fourth-order valence-corrected chi connectivity index (χ4v) is 4.00. The van der Waals surface area contributed by atoms with Crippen LogP contribution in [0.3, 0.4) is 0 Å². The quantitative estimate of drug-likeness (QED) is 0.617. The lowest BCUT2D eigenvalue weighted by Crippen LogP contribution is -2.37. The van der Waals surface area contributed by atoms with Crippen LogP contribution in [-0.4, -0.2) is 41.6 Å². The lowest BCUT2D eigenvalue weighted by Gasteiger charge is -2.19. The second-order valence-electron chi connectivity index (χ2n) is 6.45. The normalized spacial score (nSPS) is 11.6. The zero-order valence-electron chi connectivity index (χ0n) is 15.8. The molecule has 0 aliphatic rings. The van der Waals surface area contributed by atoms with Crippen LogP contribution in [-0.2, 0) is 21.4 Å². The van der Waals surface area contributed by atoms with Crippen LogP contribution >= 0.6 is 11.3 Å². The summed E-state index contributed by atoms with van der Waals surface area (Å²) in [4.78, 5) is 12.4. The maximum Gasteiger partial charge on any atom is 0.241 e. The monoisotopic (exact) mass is 434 g/mol. The van der Waals surface area contributed by atoms with Crippen molar-refractivity contribution in [3.8, 4) is 10.6 Å². The van der Waals surface area contributed by atoms with Gasteiger partial charge in [-0.25, -0.2) is 12.8 Å². The van der Waals surface area contributed by atoms with Crippen molar-refractivity contribution >= 4 is 32.4 Å². The molecular formula is C19H19FN4O3S2. The minimum Gasteiger partial charge on any atom is -0.299 e. The molecule has 1 N–H and O–H groups in total. The van der Waals surface area contributed by atoms with Crippen LogP contribution in [0, 0.1) is 12.7 Å². The molecule has 0 atom stereocenters. The number of amides is 1. The van der Waals surface area contributed by atoms with Gasteiger partial charge >= 0.3 is 0 Å². The number of carbonyl (C=O) groups is 1. The van der Waals surface area contributed by atoms with Crippen molar-refractivity contribution in [2.45, 2.75) is 13.5 Å². The summed E-state index contributed by atoms with van der Waals surface area (Å²) in [6.45, 7) is 1.26. The molecule has 0 aliphatic carbocycles. The van der Waals surface area contributed by atoms with Gasteiger partial charge in [0.05, 0.1) is 12.8 Å². The highest BCUT2D eigenvalue weighted by Gasteiger charge is 2.22. The van der Waals surface area contributed by atoms with Gasteiger partial charge in [-0.2, -0.15) is 4.31 Å². The number of nitrogens with zero attached hydrogens (tertiary/aromatic N) is 3. The molecule has 1 aromatic heterocycles. The molecule has 0 aliphatic heterocycles. The van der Waals surface area contributed by atoms with Crippen LogP contribution in [0.4, 0.5) is 9.52 Å². The van der Waals surface area contributed by atoms with E-state index in [0.717, 1.165) is 21.7 Å². The second-order valence-corrected chi connectivity index (χ2v) is 9.41. The number of rotatable bonds is 7. The number of sulfonamides is 1. The van der Waals surface area contributed by atoms with Crippen LogP contribution in [0.25, 0.3) is 10.6 Å². The number of hydrogen-bond donors (Lipinski definition) is 1. The zero-order chi connectivity index (χ0) is 21.0. The average Bonchev–Trinajstić information content (AvgIpc) is 3.11. The van der Waals surface area contributed by atoms with Gasteiger partial charge in [-0.1, -0.05) is 59.4 Å². The molecule has 0 unspecified atom stereocenters. The number of halogens is 1. The summed E-state index contributed by atoms with van der Waals surface area (Å²) in [5.74, 6) is -1.12. The molecule has 0 bridgehead atoms. The van der Waals surface area contributed by atoms with E-state index in [9.17, 15) is 17.6 Å². The molecule has 29 heavy (non-hydrogen) atoms. The smallest absolute Gasteiger partial charge is 0.241 e. The highest BCUT2D eigenvalue weighted by molar-refractivity contribution is 7.88. The number of nitrogens with one attached hydrogen (secondary N) is 1. The molecule has 0 saturated carbocycles. The first-order valence-corrected chi connectivity index (χ1v) is 11.3. The Morgan fingerprint density at radius 3 is 2.48 bits per heavy atom. The van der Waals surface area contributed by atoms with Crippen molar-refractivity contribution in [2.75, 3.05) is 18.1 Å². The summed E-state index contributed by atoms with van der Waals surface area (Å²) in [5.41, 5.74) is 2.16. The predicted octanol–water partition coefficient (Wildman–Crippen LogP) is 3.05. The molecule has 10 heteroatoms. The van der Waals surface area contributed by atoms with Crippen LogP contribution in [0.15, 0.2) is 48.5 Å². The van der Waals surface area contributed by atoms with Gasteiger partial charge < -0.3 is 0 Å². The summed E-state index contributed by atoms with van der Waals surface area (Å²) in [5, 5.41) is 11.4. The summed E-state index contributed by atoms with van der Waals surface area (Å²) in [7, 11) is -3.74. The number of aryl methyl sites for hydroxylation is 1. The van der Waals surface area contributed by atoms with Crippen molar-refractivity contribution in [3.63, 3.8) is 0 Å². The Hall–Kier alpha value is -2.69. The van der Waals surface area contributed by atoms with E-state index >= 15 is 0 Å². The van der Waals surface area contributed by atoms with Crippen LogP contribution in [0.2, 0.25) is 0 Å². The minimum atomic E-state index is -3.74. The van der Waals surface area contributed by atoms with Gasteiger partial charge in [0.2, 0.25) is 21.1 Å². The molecular weight excluding hydrogens is 415 g/mol. The minimum absolute atomic E-state index is 0.184. The molecule has 1 amide bonds. The van der Waals surface area contributed by atoms with E-state index in [1.54, 1.807) is 6.07 Å². The van der Waals surface area contributed by atoms with Gasteiger partial charge in [0, 0.05) is 17.7 Å². The number of hydrogen-bond acceptors (Lipinski definition) is 6. The molecule has 0 spiro atoms. The largest absolute Gasteiger partial charge is 0.299 e. The third kappa shape index (κ3) is 5.66. The molecule has 0 fully saturated rings. The molecule has 152 valence electrons. The van der Waals surface area contributed by atoms with Gasteiger partial charge in [0.1, 0.15) is 10.8 Å². The molecule has 3 rings (SSSR count). The third-order valence-corrected chi connectivity index (χ3v) is 6.15. The maximum atomic E-state index is 13.9. The summed E-state index contributed by atoms with van der Waals surface area (Å²) >= 11 is 1.18. The standard InChI is InChI=1S/C19H19FN4O3S2/c1-13-7-9-14(10-8-13)18-22-23-19(28-18)21-17(25)12-24(29(2,26)27)11-15-5-3-4-6-16(15)20/h3-10H,11-12H2,1-2H3,(H,21,23,25). The van der Waals surface area contributed by atoms with Crippen molar-refractivity contribution in [2.24, 2.45) is 0 Å². The Bertz CT molecular complexity index is 1110. The average molecular weight is 435 g/mol. The fourth-order valence-electron chi connectivity index (χ4n) is 2.51. The Morgan fingerprint density at radius 2 is 1.83 bits per heavy atom. The first-order valence-electron chi connectivity index (χ1n) is 8.61. The summed E-state index contributed by atoms with van der Waals surface area (Å²) < 4.78 is 38.9. The van der Waals surface area contributed by atoms with Crippen LogP contribution in [0.5, 0.6) is 0 Å². The lowest BCUT2D eigenvalue weighted by molar-refractivity contribution is -0.116. The second kappa shape index (κ2) is 8.76. The molecule has 7 nitrogen and oxygen atoms in total. The maximum absolute atomic E-state index is 13.9. The number of aromatic nitrogens is 2. The van der Waals surface area contributed by atoms with E-state index in [0.29, 0.717) is 5.01 Å². The Labute approximate surface area is 172 Å². The molecule has 2 aromatic carbocycles. The number of anilines is 1. The number of benzene rings is 2. The SMILES string of the molecule is Cc1ccc(-c2nnc(NC(=O)CN(Cc3ccccc3F)S(C)(=O)=O)s2)cc1. The van der Waals surface area contributed by atoms with E-state index < -0.39 is 28.3 Å². The van der Waals surface area contributed by atoms with Crippen molar-refractivity contribution in [1.29, 1.82) is 0 Å². The Morgan fingerprint density at radius 1 is 1.14 bits per heavy atom. The van der Waals surface area contributed by atoms with Gasteiger partial charge in [0.25, 0.3) is 0 Å². The Balaban J connectivity index is 1.69. The van der Waals surface area contributed by atoms with Gasteiger partial charge in [0.15, 0.2) is 0 Å². The highest BCUT2D eigenvalue weighted by atomic mass is 32.2. The highest BCUT2D eigenvalue weighted by Crippen LogP contribution is 2.26. The van der Waals surface area contributed by atoms with E-state index in [-0.39, 0.29) is 17.2 Å². The predicted molar refractivity (Wildman–Crippen MR) is 110 cm³/mol. The zero-order valence-corrected chi connectivity index (χ0v) is 17.4. The van der Waals surface area contributed by atoms with Crippen LogP contribution in [0.1, 0.15) is 11.1 Å².